The van der Waals surface area contributed by atoms with Crippen molar-refractivity contribution in [2.45, 2.75) is 71.1 Å². The number of allylic oxidation sites excluding steroid dienone is 3. The van der Waals surface area contributed by atoms with E-state index < -0.39 is 5.82 Å². The number of rotatable bonds is 5. The summed E-state index contributed by atoms with van der Waals surface area (Å²) in [6.07, 6.45) is 14.1. The van der Waals surface area contributed by atoms with Gasteiger partial charge < -0.3 is 9.47 Å². The van der Waals surface area contributed by atoms with Crippen LogP contribution >= 0.6 is 0 Å². The zero-order valence-electron chi connectivity index (χ0n) is 20.7. The summed E-state index contributed by atoms with van der Waals surface area (Å²) in [5.41, 5.74) is 2.46. The van der Waals surface area contributed by atoms with Gasteiger partial charge in [0.05, 0.1) is 5.69 Å². The van der Waals surface area contributed by atoms with Crippen molar-refractivity contribution in [2.75, 3.05) is 19.6 Å². The van der Waals surface area contributed by atoms with E-state index in [2.05, 4.69) is 4.99 Å². The van der Waals surface area contributed by atoms with Crippen molar-refractivity contribution in [3.63, 3.8) is 0 Å². The molecule has 0 bridgehead atoms. The first-order valence-corrected chi connectivity index (χ1v) is 13.0. The molecule has 6 nitrogen and oxygen atoms in total. The van der Waals surface area contributed by atoms with E-state index >= 15 is 0 Å². The number of Topliss-reactive ketones (excluding diaryl/α,β-unsaturated/α-hetero) is 1. The Morgan fingerprint density at radius 3 is 2.69 bits per heavy atom. The first-order chi connectivity index (χ1) is 16.9. The molecular formula is C28H36FN3O3. The smallest absolute Gasteiger partial charge is 0.222 e. The van der Waals surface area contributed by atoms with Gasteiger partial charge in [0.1, 0.15) is 5.82 Å². The average Bonchev–Trinajstić information content (AvgIpc) is 3.23. The summed E-state index contributed by atoms with van der Waals surface area (Å²) < 4.78 is 15.3. The summed E-state index contributed by atoms with van der Waals surface area (Å²) >= 11 is 0. The lowest BCUT2D eigenvalue weighted by atomic mass is 9.81. The van der Waals surface area contributed by atoms with Gasteiger partial charge in [-0.25, -0.2) is 4.39 Å². The Bertz CT molecular complexity index is 1040. The Balaban J connectivity index is 1.25. The Morgan fingerprint density at radius 1 is 1.09 bits per heavy atom. The zero-order valence-corrected chi connectivity index (χ0v) is 20.7. The van der Waals surface area contributed by atoms with Gasteiger partial charge in [0.2, 0.25) is 5.91 Å². The third kappa shape index (κ3) is 6.86. The van der Waals surface area contributed by atoms with Gasteiger partial charge in [-0.3, -0.25) is 19.4 Å². The predicted octanol–water partition coefficient (Wildman–Crippen LogP) is 5.24. The molecule has 0 N–H and O–H groups in total. The molecule has 3 aliphatic heterocycles. The fourth-order valence-electron chi connectivity index (χ4n) is 5.49. The number of carbonyl (C=O) groups is 3. The molecule has 0 radical (unpaired) electrons. The Kier molecular flexibility index (Phi) is 8.47. The highest BCUT2D eigenvalue weighted by Crippen LogP contribution is 2.30. The molecule has 1 aromatic rings. The van der Waals surface area contributed by atoms with Crippen LogP contribution in [0.1, 0.15) is 81.6 Å². The van der Waals surface area contributed by atoms with E-state index in [-0.39, 0.29) is 17.5 Å². The number of amides is 1. The first kappa shape index (κ1) is 25.3. The second-order valence-electron chi connectivity index (χ2n) is 10.2. The minimum atomic E-state index is -0.399. The van der Waals surface area contributed by atoms with Crippen LogP contribution in [0.25, 0.3) is 6.20 Å². The molecule has 7 heteroatoms. The summed E-state index contributed by atoms with van der Waals surface area (Å²) in [6.45, 7) is 4.24. The van der Waals surface area contributed by atoms with Crippen LogP contribution in [-0.4, -0.2) is 52.3 Å². The van der Waals surface area contributed by atoms with Gasteiger partial charge in [-0.1, -0.05) is 5.57 Å². The molecule has 0 aromatic carbocycles. The number of fused-ring (bicyclic) bond motifs is 1. The van der Waals surface area contributed by atoms with E-state index in [1.807, 2.05) is 24.1 Å². The van der Waals surface area contributed by atoms with Crippen LogP contribution in [0, 0.1) is 17.7 Å². The molecule has 1 unspecified atom stereocenters. The molecule has 35 heavy (non-hydrogen) atoms. The maximum absolute atomic E-state index is 13.7. The van der Waals surface area contributed by atoms with Gasteiger partial charge in [0.25, 0.3) is 0 Å². The number of ketones is 2. The highest BCUT2D eigenvalue weighted by Gasteiger charge is 2.28. The molecule has 1 saturated heterocycles. The SMILES string of the molecule is CC1=NCC(C2CCN(C(=O)CCCC3=Cn4cc(F)cc4C(=O)CCC3)CC2)CCC(=O)C=C1. The Labute approximate surface area is 207 Å². The molecule has 3 aliphatic rings. The number of hydrogen-bond acceptors (Lipinski definition) is 4. The van der Waals surface area contributed by atoms with E-state index in [0.29, 0.717) is 36.8 Å². The second-order valence-corrected chi connectivity index (χ2v) is 10.2. The fourth-order valence-corrected chi connectivity index (χ4v) is 5.49. The highest BCUT2D eigenvalue weighted by molar-refractivity contribution is 6.00. The van der Waals surface area contributed by atoms with E-state index in [9.17, 15) is 18.8 Å². The average molecular weight is 482 g/mol. The van der Waals surface area contributed by atoms with Crippen LogP contribution in [0.2, 0.25) is 0 Å². The van der Waals surface area contributed by atoms with Gasteiger partial charge in [-0.2, -0.15) is 0 Å². The second kappa shape index (κ2) is 11.7. The third-order valence-corrected chi connectivity index (χ3v) is 7.62. The minimum Gasteiger partial charge on any atom is -0.343 e. The lowest BCUT2D eigenvalue weighted by Gasteiger charge is -2.36. The Morgan fingerprint density at radius 2 is 1.89 bits per heavy atom. The molecule has 4 heterocycles. The van der Waals surface area contributed by atoms with E-state index in [1.54, 1.807) is 10.6 Å². The molecule has 4 rings (SSSR count). The maximum Gasteiger partial charge on any atom is 0.222 e. The number of piperidine rings is 1. The van der Waals surface area contributed by atoms with Gasteiger partial charge in [0.15, 0.2) is 11.6 Å². The number of hydrogen-bond donors (Lipinski definition) is 0. The van der Waals surface area contributed by atoms with Crippen LogP contribution in [0.3, 0.4) is 0 Å². The van der Waals surface area contributed by atoms with Gasteiger partial charge >= 0.3 is 0 Å². The van der Waals surface area contributed by atoms with Crippen LogP contribution in [0.5, 0.6) is 0 Å². The third-order valence-electron chi connectivity index (χ3n) is 7.62. The topological polar surface area (TPSA) is 71.7 Å². The molecule has 1 fully saturated rings. The van der Waals surface area contributed by atoms with Crippen LogP contribution in [0.15, 0.2) is 35.0 Å². The molecule has 1 amide bonds. The van der Waals surface area contributed by atoms with Gasteiger partial charge in [0, 0.05) is 63.1 Å². The number of aliphatic imine (C=N–C) groups is 1. The summed E-state index contributed by atoms with van der Waals surface area (Å²) in [5, 5.41) is 0. The molecule has 1 atom stereocenters. The Hall–Kier alpha value is -2.83. The maximum atomic E-state index is 13.7. The van der Waals surface area contributed by atoms with Crippen molar-refractivity contribution in [3.05, 3.63) is 41.5 Å². The molecule has 1 aromatic heterocycles. The standard InChI is InChI=1S/C28H36FN3O3/c1-20-8-10-25(33)11-9-23(17-30-20)22-12-14-31(15-13-22)28(35)7-3-5-21-4-2-6-27(34)26-16-24(29)19-32(26)18-21/h8,10,16,18-19,22-23H,2-7,9,11-15,17H2,1H3. The van der Waals surface area contributed by atoms with E-state index in [4.69, 9.17) is 0 Å². The fraction of sp³-hybridized carbons (Fsp3) is 0.571. The van der Waals surface area contributed by atoms with E-state index in [1.165, 1.54) is 12.3 Å². The lowest BCUT2D eigenvalue weighted by Crippen LogP contribution is -2.40. The first-order valence-electron chi connectivity index (χ1n) is 13.0. The van der Waals surface area contributed by atoms with Crippen molar-refractivity contribution in [1.29, 1.82) is 0 Å². The molecule has 0 aliphatic carbocycles. The van der Waals surface area contributed by atoms with Crippen molar-refractivity contribution in [2.24, 2.45) is 16.8 Å². The van der Waals surface area contributed by atoms with Crippen LogP contribution in [0.4, 0.5) is 4.39 Å². The highest BCUT2D eigenvalue weighted by atomic mass is 19.1. The summed E-state index contributed by atoms with van der Waals surface area (Å²) in [6, 6.07) is 1.30. The van der Waals surface area contributed by atoms with Crippen LogP contribution in [-0.2, 0) is 9.59 Å². The van der Waals surface area contributed by atoms with E-state index in [0.717, 1.165) is 75.9 Å². The van der Waals surface area contributed by atoms with Crippen molar-refractivity contribution in [3.8, 4) is 0 Å². The van der Waals surface area contributed by atoms with Crippen molar-refractivity contribution in [1.82, 2.24) is 9.47 Å². The van der Waals surface area contributed by atoms with Crippen LogP contribution < -0.4 is 0 Å². The van der Waals surface area contributed by atoms with Crippen molar-refractivity contribution >= 4 is 29.4 Å². The normalized spacial score (nSPS) is 22.3. The zero-order chi connectivity index (χ0) is 24.8. The predicted molar refractivity (Wildman–Crippen MR) is 135 cm³/mol. The summed E-state index contributed by atoms with van der Waals surface area (Å²) in [7, 11) is 0. The number of likely N-dealkylation sites (tertiary alicyclic amines) is 1. The minimum absolute atomic E-state index is 0.0251. The number of nitrogens with zero attached hydrogens (tertiary/aromatic N) is 3. The molecule has 0 saturated carbocycles. The number of carbonyl (C=O) groups excluding carboxylic acids is 3. The summed E-state index contributed by atoms with van der Waals surface area (Å²) in [4.78, 5) is 43.7. The molecule has 188 valence electrons. The van der Waals surface area contributed by atoms with Gasteiger partial charge in [-0.15, -0.1) is 0 Å². The monoisotopic (exact) mass is 481 g/mol. The lowest BCUT2D eigenvalue weighted by molar-refractivity contribution is -0.132. The summed E-state index contributed by atoms with van der Waals surface area (Å²) in [5.74, 6) is 0.837. The number of aromatic nitrogens is 1. The molecule has 0 spiro atoms. The number of halogens is 1. The quantitative estimate of drug-likeness (QED) is 0.577. The molecular weight excluding hydrogens is 445 g/mol. The largest absolute Gasteiger partial charge is 0.343 e. The van der Waals surface area contributed by atoms with Crippen molar-refractivity contribution < 1.29 is 18.8 Å². The van der Waals surface area contributed by atoms with Gasteiger partial charge in [-0.05, 0) is 75.9 Å².